The fraction of sp³-hybridized carbons (Fsp3) is 0.0833. The third kappa shape index (κ3) is 5.36. The van der Waals surface area contributed by atoms with Gasteiger partial charge in [0.1, 0.15) is 18.2 Å². The van der Waals surface area contributed by atoms with Crippen LogP contribution in [0.25, 0.3) is 0 Å². The summed E-state index contributed by atoms with van der Waals surface area (Å²) in [6, 6.07) is 19.3. The van der Waals surface area contributed by atoms with Gasteiger partial charge in [-0.15, -0.1) is 0 Å². The van der Waals surface area contributed by atoms with E-state index in [1.165, 1.54) is 16.9 Å². The molecule has 0 unspecified atom stereocenters. The molecule has 1 aromatic heterocycles. The largest absolute Gasteiger partial charge is 0.488 e. The lowest BCUT2D eigenvalue weighted by Gasteiger charge is -2.09. The van der Waals surface area contributed by atoms with Crippen LogP contribution in [0, 0.1) is 5.82 Å². The Morgan fingerprint density at radius 2 is 1.88 bits per heavy atom. The number of para-hydroxylation sites is 1. The molecule has 162 valence electrons. The van der Waals surface area contributed by atoms with E-state index in [9.17, 15) is 9.18 Å². The Labute approximate surface area is 197 Å². The van der Waals surface area contributed by atoms with E-state index in [0.29, 0.717) is 28.4 Å². The van der Waals surface area contributed by atoms with Gasteiger partial charge in [-0.05, 0) is 57.9 Å². The van der Waals surface area contributed by atoms with Crippen LogP contribution in [0.15, 0.2) is 83.6 Å². The number of carbonyl (C=O) groups is 1. The van der Waals surface area contributed by atoms with E-state index in [2.05, 4.69) is 26.3 Å². The second-order valence-corrected chi connectivity index (χ2v) is 8.26. The van der Waals surface area contributed by atoms with Gasteiger partial charge in [0.2, 0.25) is 0 Å². The van der Waals surface area contributed by atoms with Crippen LogP contribution >= 0.6 is 27.5 Å². The van der Waals surface area contributed by atoms with Gasteiger partial charge in [0, 0.05) is 22.3 Å². The second kappa shape index (κ2) is 9.97. The summed E-state index contributed by atoms with van der Waals surface area (Å²) < 4.78 is 22.2. The van der Waals surface area contributed by atoms with E-state index in [0.717, 1.165) is 15.8 Å². The molecule has 0 saturated carbocycles. The lowest BCUT2D eigenvalue weighted by Crippen LogP contribution is -2.11. The van der Waals surface area contributed by atoms with Crippen molar-refractivity contribution in [1.82, 2.24) is 9.78 Å². The molecule has 0 aliphatic rings. The van der Waals surface area contributed by atoms with Crippen molar-refractivity contribution >= 4 is 39.1 Å². The zero-order valence-corrected chi connectivity index (χ0v) is 19.1. The fourth-order valence-electron chi connectivity index (χ4n) is 3.04. The molecular formula is C24H18BrClFN3O2. The SMILES string of the molecule is O=C(Nc1cnn(Cc2c(F)cccc2Cl)c1)c1ccc(COc2ccccc2Br)cc1. The average molecular weight is 515 g/mol. The number of rotatable bonds is 7. The molecule has 0 radical (unpaired) electrons. The number of halogens is 3. The van der Waals surface area contributed by atoms with E-state index in [1.54, 1.807) is 30.5 Å². The number of benzene rings is 3. The van der Waals surface area contributed by atoms with E-state index in [4.69, 9.17) is 16.3 Å². The Morgan fingerprint density at radius 1 is 1.09 bits per heavy atom. The zero-order chi connectivity index (χ0) is 22.5. The molecule has 5 nitrogen and oxygen atoms in total. The predicted octanol–water partition coefficient (Wildman–Crippen LogP) is 6.32. The highest BCUT2D eigenvalue weighted by molar-refractivity contribution is 9.10. The minimum Gasteiger partial charge on any atom is -0.488 e. The van der Waals surface area contributed by atoms with Crippen LogP contribution in [0.5, 0.6) is 5.75 Å². The highest BCUT2D eigenvalue weighted by Crippen LogP contribution is 2.25. The number of ether oxygens (including phenoxy) is 1. The lowest BCUT2D eigenvalue weighted by atomic mass is 10.1. The van der Waals surface area contributed by atoms with Gasteiger partial charge in [-0.3, -0.25) is 9.48 Å². The number of carbonyl (C=O) groups excluding carboxylic acids is 1. The van der Waals surface area contributed by atoms with Crippen LogP contribution in [0.1, 0.15) is 21.5 Å². The van der Waals surface area contributed by atoms with Crippen LogP contribution in [-0.4, -0.2) is 15.7 Å². The van der Waals surface area contributed by atoms with Gasteiger partial charge in [0.05, 0.1) is 22.9 Å². The van der Waals surface area contributed by atoms with Crippen molar-refractivity contribution < 1.29 is 13.9 Å². The second-order valence-electron chi connectivity index (χ2n) is 7.00. The molecule has 8 heteroatoms. The number of amides is 1. The number of nitrogens with zero attached hydrogens (tertiary/aromatic N) is 2. The van der Waals surface area contributed by atoms with Crippen LogP contribution in [-0.2, 0) is 13.2 Å². The van der Waals surface area contributed by atoms with Crippen LogP contribution in [0.4, 0.5) is 10.1 Å². The summed E-state index contributed by atoms with van der Waals surface area (Å²) in [5.74, 6) is 0.0806. The monoisotopic (exact) mass is 513 g/mol. The van der Waals surface area contributed by atoms with Crippen molar-refractivity contribution in [3.63, 3.8) is 0 Å². The Morgan fingerprint density at radius 3 is 2.62 bits per heavy atom. The van der Waals surface area contributed by atoms with Crippen LogP contribution in [0.2, 0.25) is 5.02 Å². The van der Waals surface area contributed by atoms with Crippen molar-refractivity contribution in [1.29, 1.82) is 0 Å². The smallest absolute Gasteiger partial charge is 0.255 e. The first-order chi connectivity index (χ1) is 15.5. The molecular weight excluding hydrogens is 497 g/mol. The quantitative estimate of drug-likeness (QED) is 0.314. The number of nitrogens with one attached hydrogen (secondary N) is 1. The van der Waals surface area contributed by atoms with Crippen LogP contribution in [0.3, 0.4) is 0 Å². The lowest BCUT2D eigenvalue weighted by molar-refractivity contribution is 0.102. The topological polar surface area (TPSA) is 56.2 Å². The predicted molar refractivity (Wildman–Crippen MR) is 126 cm³/mol. The molecule has 3 aromatic carbocycles. The van der Waals surface area contributed by atoms with Crippen molar-refractivity contribution in [2.75, 3.05) is 5.32 Å². The zero-order valence-electron chi connectivity index (χ0n) is 16.8. The summed E-state index contributed by atoms with van der Waals surface area (Å²) in [5.41, 5.74) is 2.28. The Balaban J connectivity index is 1.35. The molecule has 0 aliphatic carbocycles. The molecule has 0 bridgehead atoms. The Kier molecular flexibility index (Phi) is 6.87. The molecule has 4 rings (SSSR count). The molecule has 0 spiro atoms. The van der Waals surface area contributed by atoms with Gasteiger partial charge >= 0.3 is 0 Å². The summed E-state index contributed by atoms with van der Waals surface area (Å²) >= 11 is 9.52. The molecule has 4 aromatic rings. The third-order valence-corrected chi connectivity index (χ3v) is 5.73. The van der Waals surface area contributed by atoms with Gasteiger partial charge in [0.25, 0.3) is 5.91 Å². The van der Waals surface area contributed by atoms with Crippen molar-refractivity contribution in [2.45, 2.75) is 13.2 Å². The van der Waals surface area contributed by atoms with Crippen molar-refractivity contribution in [2.24, 2.45) is 0 Å². The first kappa shape index (κ1) is 22.0. The van der Waals surface area contributed by atoms with Crippen molar-refractivity contribution in [3.8, 4) is 5.75 Å². The highest BCUT2D eigenvalue weighted by atomic mass is 79.9. The molecule has 1 amide bonds. The molecule has 1 N–H and O–H groups in total. The first-order valence-corrected chi connectivity index (χ1v) is 10.9. The van der Waals surface area contributed by atoms with E-state index < -0.39 is 5.82 Å². The first-order valence-electron chi connectivity index (χ1n) is 9.72. The summed E-state index contributed by atoms with van der Waals surface area (Å²) in [4.78, 5) is 12.6. The summed E-state index contributed by atoms with van der Waals surface area (Å²) in [6.07, 6.45) is 3.13. The highest BCUT2D eigenvalue weighted by Gasteiger charge is 2.11. The minimum absolute atomic E-state index is 0.160. The van der Waals surface area contributed by atoms with E-state index >= 15 is 0 Å². The number of anilines is 1. The van der Waals surface area contributed by atoms with Gasteiger partial charge in [-0.25, -0.2) is 4.39 Å². The van der Waals surface area contributed by atoms with Gasteiger partial charge in [-0.1, -0.05) is 41.9 Å². The average Bonchev–Trinajstić information content (AvgIpc) is 3.23. The van der Waals surface area contributed by atoms with Gasteiger partial charge in [0.15, 0.2) is 0 Å². The molecule has 0 aliphatic heterocycles. The number of hydrogen-bond donors (Lipinski definition) is 1. The van der Waals surface area contributed by atoms with Crippen molar-refractivity contribution in [3.05, 3.63) is 111 Å². The Bertz CT molecular complexity index is 1220. The maximum atomic E-state index is 14.0. The standard InChI is InChI=1S/C24H18BrClFN3O2/c25-20-4-1-2-7-23(20)32-15-16-8-10-17(11-9-16)24(31)29-18-12-28-30(13-18)14-19-21(26)5-3-6-22(19)27/h1-13H,14-15H2,(H,29,31). The maximum absolute atomic E-state index is 14.0. The van der Waals surface area contributed by atoms with E-state index in [1.807, 2.05) is 36.4 Å². The molecule has 32 heavy (non-hydrogen) atoms. The number of hydrogen-bond acceptors (Lipinski definition) is 3. The van der Waals surface area contributed by atoms with Gasteiger partial charge < -0.3 is 10.1 Å². The fourth-order valence-corrected chi connectivity index (χ4v) is 3.66. The summed E-state index contributed by atoms with van der Waals surface area (Å²) in [7, 11) is 0. The Hall–Kier alpha value is -3.16. The van der Waals surface area contributed by atoms with Gasteiger partial charge in [-0.2, -0.15) is 5.10 Å². The normalized spacial score (nSPS) is 10.7. The van der Waals surface area contributed by atoms with Crippen LogP contribution < -0.4 is 10.1 Å². The third-order valence-electron chi connectivity index (χ3n) is 4.72. The molecule has 0 saturated heterocycles. The maximum Gasteiger partial charge on any atom is 0.255 e. The molecule has 0 atom stereocenters. The van der Waals surface area contributed by atoms with E-state index in [-0.39, 0.29) is 12.5 Å². The minimum atomic E-state index is -0.401. The molecule has 1 heterocycles. The number of aromatic nitrogens is 2. The summed E-state index contributed by atoms with van der Waals surface area (Å²) in [5, 5.41) is 7.29. The summed E-state index contributed by atoms with van der Waals surface area (Å²) in [6.45, 7) is 0.545. The molecule has 0 fully saturated rings.